The van der Waals surface area contributed by atoms with E-state index in [0.29, 0.717) is 6.42 Å². The molecule has 0 aliphatic carbocycles. The van der Waals surface area contributed by atoms with Gasteiger partial charge in [0.15, 0.2) is 0 Å². The first-order chi connectivity index (χ1) is 5.31. The molecule has 2 nitrogen and oxygen atoms in total. The number of aliphatic hydroxyl groups excluding tert-OH is 2. The minimum atomic E-state index is -0.461. The highest BCUT2D eigenvalue weighted by atomic mass is 16.3. The van der Waals surface area contributed by atoms with Crippen LogP contribution in [0.2, 0.25) is 0 Å². The zero-order valence-electron chi connectivity index (χ0n) is 7.16. The Labute approximate surface area is 68.6 Å². The van der Waals surface area contributed by atoms with Gasteiger partial charge >= 0.3 is 0 Å². The molecule has 0 heterocycles. The van der Waals surface area contributed by atoms with Crippen LogP contribution in [0.5, 0.6) is 0 Å². The van der Waals surface area contributed by atoms with E-state index < -0.39 is 6.10 Å². The van der Waals surface area contributed by atoms with Crippen molar-refractivity contribution < 1.29 is 10.2 Å². The van der Waals surface area contributed by atoms with Gasteiger partial charge in [0, 0.05) is 6.61 Å². The summed E-state index contributed by atoms with van der Waals surface area (Å²) in [6.07, 6.45) is 7.09. The fourth-order valence-corrected chi connectivity index (χ4v) is 0.804. The lowest BCUT2D eigenvalue weighted by atomic mass is 10.2. The molecule has 0 amide bonds. The Morgan fingerprint density at radius 1 is 1.45 bits per heavy atom. The molecule has 0 aromatic carbocycles. The van der Waals surface area contributed by atoms with Gasteiger partial charge < -0.3 is 10.2 Å². The fraction of sp³-hybridized carbons (Fsp3) is 0.778. The summed E-state index contributed by atoms with van der Waals surface area (Å²) in [7, 11) is 0. The van der Waals surface area contributed by atoms with Crippen LogP contribution in [-0.4, -0.2) is 22.9 Å². The van der Waals surface area contributed by atoms with Crippen LogP contribution >= 0.6 is 0 Å². The summed E-state index contributed by atoms with van der Waals surface area (Å²) < 4.78 is 0. The average molecular weight is 158 g/mol. The lowest BCUT2D eigenvalue weighted by Crippen LogP contribution is -2.03. The zero-order valence-corrected chi connectivity index (χ0v) is 7.16. The molecule has 0 fully saturated rings. The zero-order chi connectivity index (χ0) is 8.53. The number of rotatable bonds is 6. The predicted molar refractivity (Wildman–Crippen MR) is 46.4 cm³/mol. The van der Waals surface area contributed by atoms with Gasteiger partial charge in [-0.1, -0.05) is 31.9 Å². The average Bonchev–Trinajstić information content (AvgIpc) is 1.99. The van der Waals surface area contributed by atoms with Gasteiger partial charge in [-0.05, 0) is 12.8 Å². The highest BCUT2D eigenvalue weighted by Gasteiger charge is 1.94. The van der Waals surface area contributed by atoms with E-state index in [-0.39, 0.29) is 6.61 Å². The number of allylic oxidation sites excluding steroid dienone is 1. The maximum atomic E-state index is 9.10. The van der Waals surface area contributed by atoms with E-state index in [9.17, 15) is 0 Å². The Kier molecular flexibility index (Phi) is 7.52. The quantitative estimate of drug-likeness (QED) is 0.454. The molecule has 0 aromatic heterocycles. The first kappa shape index (κ1) is 10.7. The van der Waals surface area contributed by atoms with Crippen molar-refractivity contribution in [3.63, 3.8) is 0 Å². The van der Waals surface area contributed by atoms with Gasteiger partial charge in [-0.15, -0.1) is 0 Å². The van der Waals surface area contributed by atoms with Crippen molar-refractivity contribution in [1.82, 2.24) is 0 Å². The molecule has 11 heavy (non-hydrogen) atoms. The van der Waals surface area contributed by atoms with Gasteiger partial charge in [-0.3, -0.25) is 0 Å². The second kappa shape index (κ2) is 7.76. The summed E-state index contributed by atoms with van der Waals surface area (Å²) in [5, 5.41) is 17.5. The minimum Gasteiger partial charge on any atom is -0.396 e. The molecule has 0 spiro atoms. The van der Waals surface area contributed by atoms with Gasteiger partial charge in [-0.2, -0.15) is 0 Å². The Balaban J connectivity index is 3.24. The van der Waals surface area contributed by atoms with Crippen LogP contribution in [0.25, 0.3) is 0 Å². The molecule has 0 radical (unpaired) electrons. The van der Waals surface area contributed by atoms with Gasteiger partial charge in [0.05, 0.1) is 6.10 Å². The number of unbranched alkanes of at least 4 members (excludes halogenated alkanes) is 2. The van der Waals surface area contributed by atoms with Gasteiger partial charge in [-0.25, -0.2) is 0 Å². The second-order valence-electron chi connectivity index (χ2n) is 2.65. The molecular weight excluding hydrogens is 140 g/mol. The molecule has 0 aromatic rings. The van der Waals surface area contributed by atoms with Crippen LogP contribution in [0.4, 0.5) is 0 Å². The molecule has 0 aliphatic heterocycles. The van der Waals surface area contributed by atoms with E-state index in [1.807, 2.05) is 6.08 Å². The predicted octanol–water partition coefficient (Wildman–Crippen LogP) is 1.48. The third-order valence-electron chi connectivity index (χ3n) is 1.51. The van der Waals surface area contributed by atoms with Crippen molar-refractivity contribution in [3.8, 4) is 0 Å². The molecular formula is C9H18O2. The molecule has 2 N–H and O–H groups in total. The van der Waals surface area contributed by atoms with E-state index in [1.54, 1.807) is 6.08 Å². The monoisotopic (exact) mass is 158 g/mol. The highest BCUT2D eigenvalue weighted by molar-refractivity contribution is 4.88. The molecule has 0 bridgehead atoms. The molecule has 0 saturated carbocycles. The largest absolute Gasteiger partial charge is 0.396 e. The van der Waals surface area contributed by atoms with Crippen LogP contribution < -0.4 is 0 Å². The second-order valence-corrected chi connectivity index (χ2v) is 2.65. The Morgan fingerprint density at radius 3 is 2.73 bits per heavy atom. The van der Waals surface area contributed by atoms with Crippen LogP contribution in [0.3, 0.4) is 0 Å². The topological polar surface area (TPSA) is 40.5 Å². The maximum Gasteiger partial charge on any atom is 0.0742 e. The van der Waals surface area contributed by atoms with Crippen LogP contribution in [0.1, 0.15) is 32.6 Å². The van der Waals surface area contributed by atoms with E-state index in [4.69, 9.17) is 10.2 Å². The first-order valence-corrected chi connectivity index (χ1v) is 4.26. The Hall–Kier alpha value is -0.340. The van der Waals surface area contributed by atoms with Crippen molar-refractivity contribution in [2.45, 2.75) is 38.7 Å². The normalized spacial score (nSPS) is 14.1. The summed E-state index contributed by atoms with van der Waals surface area (Å²) in [5.41, 5.74) is 0. The summed E-state index contributed by atoms with van der Waals surface area (Å²) in [5.74, 6) is 0. The van der Waals surface area contributed by atoms with Crippen molar-refractivity contribution in [2.24, 2.45) is 0 Å². The molecule has 1 atom stereocenters. The van der Waals surface area contributed by atoms with E-state index in [1.165, 1.54) is 12.8 Å². The summed E-state index contributed by atoms with van der Waals surface area (Å²) in [6.45, 7) is 2.19. The standard InChI is InChI=1S/C9H18O2/c1-2-3-4-5-6-9(11)7-8-10/h5-6,9-11H,2-4,7-8H2,1H3. The van der Waals surface area contributed by atoms with Crippen molar-refractivity contribution >= 4 is 0 Å². The first-order valence-electron chi connectivity index (χ1n) is 4.26. The third-order valence-corrected chi connectivity index (χ3v) is 1.51. The Bertz CT molecular complexity index is 99.7. The van der Waals surface area contributed by atoms with Crippen LogP contribution in [-0.2, 0) is 0 Å². The van der Waals surface area contributed by atoms with Gasteiger partial charge in [0.2, 0.25) is 0 Å². The number of aliphatic hydroxyl groups is 2. The number of hydrogen-bond donors (Lipinski definition) is 2. The van der Waals surface area contributed by atoms with Crippen molar-refractivity contribution in [1.29, 1.82) is 0 Å². The Morgan fingerprint density at radius 2 is 2.18 bits per heavy atom. The fourth-order valence-electron chi connectivity index (χ4n) is 0.804. The molecule has 0 saturated heterocycles. The summed E-state index contributed by atoms with van der Waals surface area (Å²) >= 11 is 0. The van der Waals surface area contributed by atoms with Gasteiger partial charge in [0.25, 0.3) is 0 Å². The SMILES string of the molecule is CCCCC=CC(O)CCO. The van der Waals surface area contributed by atoms with E-state index >= 15 is 0 Å². The summed E-state index contributed by atoms with van der Waals surface area (Å²) in [4.78, 5) is 0. The van der Waals surface area contributed by atoms with Crippen LogP contribution in [0.15, 0.2) is 12.2 Å². The van der Waals surface area contributed by atoms with Crippen molar-refractivity contribution in [2.75, 3.05) is 6.61 Å². The maximum absolute atomic E-state index is 9.10. The summed E-state index contributed by atoms with van der Waals surface area (Å²) in [6, 6.07) is 0. The van der Waals surface area contributed by atoms with E-state index in [0.717, 1.165) is 6.42 Å². The molecule has 66 valence electrons. The smallest absolute Gasteiger partial charge is 0.0742 e. The molecule has 1 unspecified atom stereocenters. The van der Waals surface area contributed by atoms with Gasteiger partial charge in [0.1, 0.15) is 0 Å². The lowest BCUT2D eigenvalue weighted by molar-refractivity contribution is 0.170. The highest BCUT2D eigenvalue weighted by Crippen LogP contribution is 1.98. The molecule has 0 rings (SSSR count). The molecule has 0 aliphatic rings. The van der Waals surface area contributed by atoms with Crippen molar-refractivity contribution in [3.05, 3.63) is 12.2 Å². The lowest BCUT2D eigenvalue weighted by Gasteiger charge is -2.00. The third kappa shape index (κ3) is 7.56. The van der Waals surface area contributed by atoms with Crippen LogP contribution in [0, 0.1) is 0 Å². The minimum absolute atomic E-state index is 0.0548. The van der Waals surface area contributed by atoms with E-state index in [2.05, 4.69) is 6.92 Å². The molecule has 2 heteroatoms. The number of hydrogen-bond acceptors (Lipinski definition) is 2.